The number of rotatable bonds is 6. The molecule has 5 heterocycles. The summed E-state index contributed by atoms with van der Waals surface area (Å²) in [5.74, 6) is 1.68. The average molecular weight is 601 g/mol. The second-order valence-corrected chi connectivity index (χ2v) is 12.1. The number of nitrogens with one attached hydrogen (secondary N) is 1. The standard InChI is InChI=1S/C31H33ClN8O3/c1-18-8-10-20(11-9-18)17-40-26-24(22-14-23(32)16-33-15-22)34-28(29-37-31(41)43-38-29)35-27(26)36-30(40)39-12-13-42-19(2)25(39)21-6-4-3-5-7-21/h3-7,14-16,18-20,25H,8-13,17H2,1-2H3,(H,37,38,41)/t18?,19-,20?,25-/m0/s1. The molecule has 12 heteroatoms. The predicted octanol–water partition coefficient (Wildman–Crippen LogP) is 5.68. The first-order valence-electron chi connectivity index (χ1n) is 14.8. The normalized spacial score (nSPS) is 22.7. The summed E-state index contributed by atoms with van der Waals surface area (Å²) in [5.41, 5.74) is 3.77. The van der Waals surface area contributed by atoms with Gasteiger partial charge in [-0.3, -0.25) is 14.5 Å². The fourth-order valence-corrected chi connectivity index (χ4v) is 6.68. The van der Waals surface area contributed by atoms with Crippen molar-refractivity contribution < 1.29 is 9.26 Å². The van der Waals surface area contributed by atoms with E-state index >= 15 is 0 Å². The zero-order valence-corrected chi connectivity index (χ0v) is 24.9. The van der Waals surface area contributed by atoms with E-state index in [1.165, 1.54) is 12.8 Å². The molecule has 7 rings (SSSR count). The second kappa shape index (κ2) is 11.5. The highest BCUT2D eigenvalue weighted by atomic mass is 35.5. The van der Waals surface area contributed by atoms with Crippen LogP contribution in [-0.2, 0) is 11.3 Å². The van der Waals surface area contributed by atoms with E-state index in [4.69, 9.17) is 35.8 Å². The molecule has 1 saturated carbocycles. The van der Waals surface area contributed by atoms with E-state index in [1.807, 2.05) is 12.1 Å². The molecule has 1 aliphatic heterocycles. The Morgan fingerprint density at radius 1 is 1.05 bits per heavy atom. The van der Waals surface area contributed by atoms with Gasteiger partial charge in [0.2, 0.25) is 17.6 Å². The minimum absolute atomic E-state index is 0.0486. The number of halogens is 1. The van der Waals surface area contributed by atoms with Crippen molar-refractivity contribution in [3.05, 3.63) is 69.9 Å². The smallest absolute Gasteiger partial charge is 0.374 e. The summed E-state index contributed by atoms with van der Waals surface area (Å²) < 4.78 is 13.2. The number of hydrogen-bond donors (Lipinski definition) is 1. The Morgan fingerprint density at radius 2 is 1.86 bits per heavy atom. The average Bonchev–Trinajstić information content (AvgIpc) is 3.61. The maximum Gasteiger partial charge on any atom is 0.439 e. The van der Waals surface area contributed by atoms with Gasteiger partial charge in [-0.25, -0.2) is 14.8 Å². The van der Waals surface area contributed by atoms with Gasteiger partial charge in [0.05, 0.1) is 23.8 Å². The van der Waals surface area contributed by atoms with E-state index in [0.717, 1.165) is 42.3 Å². The van der Waals surface area contributed by atoms with E-state index in [-0.39, 0.29) is 23.8 Å². The fraction of sp³-hybridized carbons (Fsp3) is 0.419. The number of anilines is 1. The first-order chi connectivity index (χ1) is 20.9. The van der Waals surface area contributed by atoms with Crippen LogP contribution in [0.15, 0.2) is 58.1 Å². The minimum Gasteiger partial charge on any atom is -0.374 e. The first-order valence-corrected chi connectivity index (χ1v) is 15.2. The Morgan fingerprint density at radius 3 is 2.60 bits per heavy atom. The van der Waals surface area contributed by atoms with Crippen LogP contribution < -0.4 is 10.7 Å². The lowest BCUT2D eigenvalue weighted by Gasteiger charge is -2.41. The lowest BCUT2D eigenvalue weighted by atomic mass is 9.83. The minimum atomic E-state index is -0.685. The molecule has 0 radical (unpaired) electrons. The third-order valence-electron chi connectivity index (χ3n) is 8.68. The third kappa shape index (κ3) is 5.43. The molecule has 4 aromatic heterocycles. The molecule has 1 saturated heterocycles. The number of fused-ring (bicyclic) bond motifs is 1. The van der Waals surface area contributed by atoms with Crippen LogP contribution >= 0.6 is 11.6 Å². The summed E-state index contributed by atoms with van der Waals surface area (Å²) >= 11 is 6.42. The van der Waals surface area contributed by atoms with E-state index in [1.54, 1.807) is 12.4 Å². The number of morpholine rings is 1. The molecule has 11 nitrogen and oxygen atoms in total. The van der Waals surface area contributed by atoms with Gasteiger partial charge in [0.1, 0.15) is 11.2 Å². The van der Waals surface area contributed by atoms with Crippen molar-refractivity contribution in [2.75, 3.05) is 18.1 Å². The van der Waals surface area contributed by atoms with E-state index in [2.05, 4.69) is 62.7 Å². The van der Waals surface area contributed by atoms with E-state index in [0.29, 0.717) is 41.0 Å². The molecule has 2 aliphatic rings. The molecule has 0 bridgehead atoms. The van der Waals surface area contributed by atoms with Crippen LogP contribution in [0.4, 0.5) is 5.95 Å². The van der Waals surface area contributed by atoms with Gasteiger partial charge in [0, 0.05) is 31.0 Å². The van der Waals surface area contributed by atoms with Crippen LogP contribution in [0, 0.1) is 11.8 Å². The Bertz CT molecular complexity index is 1790. The molecule has 0 spiro atoms. The van der Waals surface area contributed by atoms with E-state index < -0.39 is 5.76 Å². The molecule has 2 atom stereocenters. The van der Waals surface area contributed by atoms with Crippen molar-refractivity contribution in [2.24, 2.45) is 11.8 Å². The Hall–Kier alpha value is -4.09. The van der Waals surface area contributed by atoms with Gasteiger partial charge in [-0.1, -0.05) is 66.9 Å². The number of pyridine rings is 1. The van der Waals surface area contributed by atoms with Crippen LogP contribution in [0.25, 0.3) is 34.1 Å². The van der Waals surface area contributed by atoms with Crippen molar-refractivity contribution in [2.45, 2.75) is 58.2 Å². The van der Waals surface area contributed by atoms with Gasteiger partial charge in [0.25, 0.3) is 0 Å². The van der Waals surface area contributed by atoms with Crippen LogP contribution in [0.5, 0.6) is 0 Å². The summed E-state index contributed by atoms with van der Waals surface area (Å²) in [7, 11) is 0. The molecule has 1 aromatic carbocycles. The summed E-state index contributed by atoms with van der Waals surface area (Å²) in [6.07, 6.45) is 7.97. The summed E-state index contributed by atoms with van der Waals surface area (Å²) in [4.78, 5) is 36.0. The summed E-state index contributed by atoms with van der Waals surface area (Å²) in [6, 6.07) is 12.2. The SMILES string of the molecule is CC1CCC(Cn2c(N3CCO[C@@H](C)[C@H]3c3ccccc3)nc3nc(-c4noc(=O)[nH]4)nc(-c4cncc(Cl)c4)c32)CC1. The second-order valence-electron chi connectivity index (χ2n) is 11.7. The lowest BCUT2D eigenvalue weighted by Crippen LogP contribution is -2.45. The largest absolute Gasteiger partial charge is 0.439 e. The number of aromatic nitrogens is 7. The Kier molecular flexibility index (Phi) is 7.44. The quantitative estimate of drug-likeness (QED) is 0.262. The maximum atomic E-state index is 11.8. The van der Waals surface area contributed by atoms with Crippen LogP contribution in [0.3, 0.4) is 0 Å². The number of ether oxygens (including phenoxy) is 1. The summed E-state index contributed by atoms with van der Waals surface area (Å²) in [5, 5.41) is 4.34. The Balaban J connectivity index is 1.46. The molecular formula is C31H33ClN8O3. The zero-order valence-electron chi connectivity index (χ0n) is 24.1. The molecule has 0 amide bonds. The van der Waals surface area contributed by atoms with Gasteiger partial charge >= 0.3 is 5.76 Å². The van der Waals surface area contributed by atoms with Gasteiger partial charge in [-0.2, -0.15) is 4.98 Å². The zero-order chi connectivity index (χ0) is 29.5. The first kappa shape index (κ1) is 27.7. The van der Waals surface area contributed by atoms with Gasteiger partial charge < -0.3 is 14.2 Å². The van der Waals surface area contributed by atoms with Crippen LogP contribution in [0.1, 0.15) is 51.1 Å². The van der Waals surface area contributed by atoms with E-state index in [9.17, 15) is 4.79 Å². The molecule has 0 unspecified atom stereocenters. The number of H-pyrrole nitrogens is 1. The van der Waals surface area contributed by atoms with Gasteiger partial charge in [-0.15, -0.1) is 0 Å². The number of imidazole rings is 1. The molecule has 222 valence electrons. The summed E-state index contributed by atoms with van der Waals surface area (Å²) in [6.45, 7) is 6.47. The molecule has 1 N–H and O–H groups in total. The van der Waals surface area contributed by atoms with Crippen molar-refractivity contribution in [3.63, 3.8) is 0 Å². The topological polar surface area (TPSA) is 128 Å². The predicted molar refractivity (Wildman–Crippen MR) is 163 cm³/mol. The third-order valence-corrected chi connectivity index (χ3v) is 8.89. The highest BCUT2D eigenvalue weighted by Gasteiger charge is 2.35. The lowest BCUT2D eigenvalue weighted by molar-refractivity contribution is 0.0221. The van der Waals surface area contributed by atoms with Crippen molar-refractivity contribution in [3.8, 4) is 22.9 Å². The number of hydrogen-bond acceptors (Lipinski definition) is 9. The molecule has 5 aromatic rings. The van der Waals surface area contributed by atoms with Crippen molar-refractivity contribution >= 4 is 28.7 Å². The van der Waals surface area contributed by atoms with Crippen molar-refractivity contribution in [1.29, 1.82) is 0 Å². The van der Waals surface area contributed by atoms with Crippen molar-refractivity contribution in [1.82, 2.24) is 34.6 Å². The molecular weight excluding hydrogens is 568 g/mol. The highest BCUT2D eigenvalue weighted by molar-refractivity contribution is 6.30. The monoisotopic (exact) mass is 600 g/mol. The van der Waals surface area contributed by atoms with Gasteiger partial charge in [0.15, 0.2) is 5.65 Å². The number of benzene rings is 1. The fourth-order valence-electron chi connectivity index (χ4n) is 6.51. The Labute approximate surface area is 253 Å². The van der Waals surface area contributed by atoms with Crippen LogP contribution in [0.2, 0.25) is 5.02 Å². The molecule has 1 aliphatic carbocycles. The number of aromatic amines is 1. The maximum absolute atomic E-state index is 11.8. The molecule has 43 heavy (non-hydrogen) atoms. The van der Waals surface area contributed by atoms with Gasteiger partial charge in [-0.05, 0) is 43.2 Å². The molecule has 2 fully saturated rings. The van der Waals surface area contributed by atoms with Crippen LogP contribution in [-0.4, -0.2) is 53.9 Å². The highest BCUT2D eigenvalue weighted by Crippen LogP contribution is 2.39. The number of nitrogens with zero attached hydrogens (tertiary/aromatic N) is 7.